The van der Waals surface area contributed by atoms with E-state index in [4.69, 9.17) is 11.6 Å². The van der Waals surface area contributed by atoms with Gasteiger partial charge in [0.1, 0.15) is 0 Å². The molecule has 23 heavy (non-hydrogen) atoms. The molecule has 1 saturated heterocycles. The van der Waals surface area contributed by atoms with E-state index >= 15 is 0 Å². The number of nitrogens with zero attached hydrogens (tertiary/aromatic N) is 4. The first kappa shape index (κ1) is 16.0. The van der Waals surface area contributed by atoms with Crippen molar-refractivity contribution in [1.29, 1.82) is 0 Å². The number of aromatic nitrogens is 2. The highest BCUT2D eigenvalue weighted by Gasteiger charge is 2.19. The van der Waals surface area contributed by atoms with Crippen LogP contribution in [0.3, 0.4) is 0 Å². The number of hydrogen-bond acceptors (Lipinski definition) is 4. The summed E-state index contributed by atoms with van der Waals surface area (Å²) in [5, 5.41) is 0.937. The van der Waals surface area contributed by atoms with Crippen molar-refractivity contribution in [2.75, 3.05) is 33.2 Å². The summed E-state index contributed by atoms with van der Waals surface area (Å²) in [6, 6.07) is 5.14. The molecule has 122 valence electrons. The van der Waals surface area contributed by atoms with Gasteiger partial charge < -0.3 is 9.80 Å². The van der Waals surface area contributed by atoms with E-state index in [0.717, 1.165) is 26.2 Å². The number of halogens is 1. The normalized spacial score (nSPS) is 16.0. The molecular formula is C16H19ClN4O2. The maximum absolute atomic E-state index is 12.4. The molecule has 0 atom stereocenters. The van der Waals surface area contributed by atoms with E-state index in [1.165, 1.54) is 10.9 Å². The van der Waals surface area contributed by atoms with Gasteiger partial charge in [0.05, 0.1) is 22.3 Å². The molecule has 1 aromatic heterocycles. The molecular weight excluding hydrogens is 316 g/mol. The average molecular weight is 335 g/mol. The van der Waals surface area contributed by atoms with Crippen LogP contribution in [0.25, 0.3) is 10.9 Å². The van der Waals surface area contributed by atoms with Gasteiger partial charge in [0.15, 0.2) is 0 Å². The second-order valence-corrected chi connectivity index (χ2v) is 6.22. The summed E-state index contributed by atoms with van der Waals surface area (Å²) in [5.74, 6) is 0.0798. The van der Waals surface area contributed by atoms with Crippen molar-refractivity contribution in [1.82, 2.24) is 19.4 Å². The number of carbonyl (C=O) groups excluding carboxylic acids is 1. The number of carbonyl (C=O) groups is 1. The molecule has 1 aliphatic heterocycles. The number of fused-ring (bicyclic) bond motifs is 1. The van der Waals surface area contributed by atoms with E-state index in [1.54, 1.807) is 18.2 Å². The van der Waals surface area contributed by atoms with Crippen LogP contribution < -0.4 is 5.56 Å². The highest BCUT2D eigenvalue weighted by molar-refractivity contribution is 6.34. The largest absolute Gasteiger partial charge is 0.340 e. The van der Waals surface area contributed by atoms with Crippen LogP contribution in [0.5, 0.6) is 0 Å². The van der Waals surface area contributed by atoms with E-state index in [2.05, 4.69) is 9.88 Å². The zero-order chi connectivity index (χ0) is 16.4. The number of aryl methyl sites for hydroxylation is 1. The van der Waals surface area contributed by atoms with E-state index in [0.29, 0.717) is 28.9 Å². The highest BCUT2D eigenvalue weighted by atomic mass is 35.5. The lowest BCUT2D eigenvalue weighted by Crippen LogP contribution is -2.47. The summed E-state index contributed by atoms with van der Waals surface area (Å²) in [5.41, 5.74) is 0.337. The Balaban J connectivity index is 1.71. The Kier molecular flexibility index (Phi) is 4.63. The average Bonchev–Trinajstić information content (AvgIpc) is 2.55. The van der Waals surface area contributed by atoms with Crippen molar-refractivity contribution in [2.24, 2.45) is 0 Å². The minimum atomic E-state index is -0.163. The Bertz CT molecular complexity index is 781. The van der Waals surface area contributed by atoms with Gasteiger partial charge in [-0.1, -0.05) is 17.7 Å². The van der Waals surface area contributed by atoms with Gasteiger partial charge in [-0.05, 0) is 19.2 Å². The van der Waals surface area contributed by atoms with Gasteiger partial charge in [-0.3, -0.25) is 14.2 Å². The first-order valence-corrected chi connectivity index (χ1v) is 8.04. The summed E-state index contributed by atoms with van der Waals surface area (Å²) in [6.07, 6.45) is 1.77. The third kappa shape index (κ3) is 3.38. The van der Waals surface area contributed by atoms with E-state index in [-0.39, 0.29) is 11.5 Å². The number of hydrogen-bond donors (Lipinski definition) is 0. The Morgan fingerprint density at radius 1 is 1.26 bits per heavy atom. The molecule has 2 aromatic rings. The van der Waals surface area contributed by atoms with Crippen LogP contribution in [0.2, 0.25) is 5.02 Å². The molecule has 0 N–H and O–H groups in total. The summed E-state index contributed by atoms with van der Waals surface area (Å²) >= 11 is 6.05. The van der Waals surface area contributed by atoms with Gasteiger partial charge in [-0.15, -0.1) is 0 Å². The zero-order valence-electron chi connectivity index (χ0n) is 13.0. The van der Waals surface area contributed by atoms with Gasteiger partial charge in [0.2, 0.25) is 5.91 Å². The monoisotopic (exact) mass is 334 g/mol. The van der Waals surface area contributed by atoms with E-state index in [9.17, 15) is 9.59 Å². The van der Waals surface area contributed by atoms with E-state index in [1.807, 2.05) is 11.9 Å². The number of para-hydroxylation sites is 1. The second-order valence-electron chi connectivity index (χ2n) is 5.81. The Morgan fingerprint density at radius 3 is 2.74 bits per heavy atom. The quantitative estimate of drug-likeness (QED) is 0.846. The molecule has 1 amide bonds. The first-order chi connectivity index (χ1) is 11.1. The molecule has 0 bridgehead atoms. The number of piperazine rings is 1. The minimum Gasteiger partial charge on any atom is -0.340 e. The third-order valence-electron chi connectivity index (χ3n) is 4.23. The number of amides is 1. The van der Waals surface area contributed by atoms with Crippen LogP contribution in [0.4, 0.5) is 0 Å². The fourth-order valence-electron chi connectivity index (χ4n) is 2.74. The molecule has 0 radical (unpaired) electrons. The molecule has 1 aromatic carbocycles. The van der Waals surface area contributed by atoms with Gasteiger partial charge in [-0.2, -0.15) is 0 Å². The second kappa shape index (κ2) is 6.68. The van der Waals surface area contributed by atoms with Crippen molar-refractivity contribution in [2.45, 2.75) is 13.0 Å². The van der Waals surface area contributed by atoms with Gasteiger partial charge in [0, 0.05) is 39.1 Å². The summed E-state index contributed by atoms with van der Waals surface area (Å²) < 4.78 is 1.48. The molecule has 0 saturated carbocycles. The summed E-state index contributed by atoms with van der Waals surface area (Å²) in [6.45, 7) is 3.61. The predicted molar refractivity (Wildman–Crippen MR) is 89.7 cm³/mol. The topological polar surface area (TPSA) is 58.4 Å². The fourth-order valence-corrected chi connectivity index (χ4v) is 2.97. The van der Waals surface area contributed by atoms with Gasteiger partial charge in [-0.25, -0.2) is 4.98 Å². The van der Waals surface area contributed by atoms with Crippen molar-refractivity contribution in [3.63, 3.8) is 0 Å². The van der Waals surface area contributed by atoms with Crippen molar-refractivity contribution in [3.05, 3.63) is 39.9 Å². The van der Waals surface area contributed by atoms with Crippen LogP contribution in [0, 0.1) is 0 Å². The maximum atomic E-state index is 12.4. The summed E-state index contributed by atoms with van der Waals surface area (Å²) in [4.78, 5) is 33.0. The lowest BCUT2D eigenvalue weighted by molar-refractivity contribution is -0.133. The molecule has 1 fully saturated rings. The Hall–Kier alpha value is -1.92. The van der Waals surface area contributed by atoms with Gasteiger partial charge >= 0.3 is 0 Å². The molecule has 7 heteroatoms. The zero-order valence-corrected chi connectivity index (χ0v) is 13.8. The van der Waals surface area contributed by atoms with Crippen molar-refractivity contribution in [3.8, 4) is 0 Å². The number of benzene rings is 1. The molecule has 1 aliphatic rings. The standard InChI is InChI=1S/C16H19ClN4O2/c1-19-7-9-20(10-8-19)14(22)5-6-21-11-18-15-12(16(21)23)3-2-4-13(15)17/h2-4,11H,5-10H2,1H3. The number of rotatable bonds is 3. The highest BCUT2D eigenvalue weighted by Crippen LogP contribution is 2.17. The lowest BCUT2D eigenvalue weighted by Gasteiger charge is -2.32. The molecule has 2 heterocycles. The number of likely N-dealkylation sites (N-methyl/N-ethyl adjacent to an activating group) is 1. The molecule has 0 spiro atoms. The van der Waals surface area contributed by atoms with Crippen LogP contribution >= 0.6 is 11.6 Å². The van der Waals surface area contributed by atoms with Gasteiger partial charge in [0.25, 0.3) is 5.56 Å². The van der Waals surface area contributed by atoms with Crippen LogP contribution in [0.1, 0.15) is 6.42 Å². The lowest BCUT2D eigenvalue weighted by atomic mass is 10.2. The maximum Gasteiger partial charge on any atom is 0.261 e. The minimum absolute atomic E-state index is 0.0798. The third-order valence-corrected chi connectivity index (χ3v) is 4.53. The van der Waals surface area contributed by atoms with E-state index < -0.39 is 0 Å². The molecule has 3 rings (SSSR count). The van der Waals surface area contributed by atoms with Crippen LogP contribution in [-0.4, -0.2) is 58.5 Å². The van der Waals surface area contributed by atoms with Crippen molar-refractivity contribution < 1.29 is 4.79 Å². The molecule has 0 aliphatic carbocycles. The SMILES string of the molecule is CN1CCN(C(=O)CCn2cnc3c(Cl)cccc3c2=O)CC1. The van der Waals surface area contributed by atoms with Crippen LogP contribution in [-0.2, 0) is 11.3 Å². The predicted octanol–water partition coefficient (Wildman–Crippen LogP) is 1.21. The Morgan fingerprint density at radius 2 is 2.00 bits per heavy atom. The molecule has 6 nitrogen and oxygen atoms in total. The smallest absolute Gasteiger partial charge is 0.261 e. The van der Waals surface area contributed by atoms with Crippen LogP contribution in [0.15, 0.2) is 29.3 Å². The Labute approximate surface area is 139 Å². The molecule has 0 unspecified atom stereocenters. The fraction of sp³-hybridized carbons (Fsp3) is 0.438. The summed E-state index contributed by atoms with van der Waals surface area (Å²) in [7, 11) is 2.05. The van der Waals surface area contributed by atoms with Crippen molar-refractivity contribution >= 4 is 28.4 Å². The first-order valence-electron chi connectivity index (χ1n) is 7.66.